The Kier molecular flexibility index (Phi) is 6.11. The first kappa shape index (κ1) is 12.4. The van der Waals surface area contributed by atoms with E-state index in [1.54, 1.807) is 0 Å². The minimum Gasteiger partial charge on any atom is -0.504 e. The molecule has 0 fully saturated rings. The fourth-order valence-electron chi connectivity index (χ4n) is 0.789. The number of halogens is 1. The van der Waals surface area contributed by atoms with Crippen molar-refractivity contribution in [1.82, 2.24) is 0 Å². The Hall–Kier alpha value is -1.58. The summed E-state index contributed by atoms with van der Waals surface area (Å²) in [6, 6.07) is 3.97. The third kappa shape index (κ3) is 3.43. The van der Waals surface area contributed by atoms with E-state index in [1.165, 1.54) is 18.2 Å². The van der Waals surface area contributed by atoms with Crippen LogP contribution in [0.5, 0.6) is 11.5 Å². The van der Waals surface area contributed by atoms with E-state index in [0.717, 1.165) is 0 Å². The van der Waals surface area contributed by atoms with Gasteiger partial charge in [-0.05, 0) is 18.2 Å². The molecule has 0 radical (unpaired) electrons. The Morgan fingerprint density at radius 1 is 1.50 bits per heavy atom. The van der Waals surface area contributed by atoms with Crippen LogP contribution in [-0.4, -0.2) is 18.3 Å². The quantitative estimate of drug-likeness (QED) is 0.762. The second-order valence-electron chi connectivity index (χ2n) is 2.10. The van der Waals surface area contributed by atoms with E-state index in [4.69, 9.17) is 5.11 Å². The normalized spacial score (nSPS) is 8.50. The van der Waals surface area contributed by atoms with E-state index in [2.05, 4.69) is 4.74 Å². The molecule has 14 heavy (non-hydrogen) atoms. The van der Waals surface area contributed by atoms with Gasteiger partial charge in [0.2, 0.25) is 6.86 Å². The lowest BCUT2D eigenvalue weighted by Crippen LogP contribution is -1.90. The Morgan fingerprint density at radius 2 is 2.14 bits per heavy atom. The third-order valence-corrected chi connectivity index (χ3v) is 1.33. The minimum absolute atomic E-state index is 0.0306. The van der Waals surface area contributed by atoms with Gasteiger partial charge < -0.3 is 9.84 Å². The predicted molar refractivity (Wildman–Crippen MR) is 51.4 cm³/mol. The molecule has 0 aromatic heterocycles. The molecular formula is C10H13FO3. The van der Waals surface area contributed by atoms with Crippen LogP contribution in [-0.2, 0) is 0 Å². The van der Waals surface area contributed by atoms with E-state index in [0.29, 0.717) is 11.8 Å². The molecule has 0 atom stereocenters. The van der Waals surface area contributed by atoms with Crippen molar-refractivity contribution in [3.8, 4) is 11.5 Å². The molecule has 0 bridgehead atoms. The number of hydrogen-bond acceptors (Lipinski definition) is 3. The maximum Gasteiger partial charge on any atom is 0.228 e. The summed E-state index contributed by atoms with van der Waals surface area (Å²) >= 11 is 0. The first-order valence-corrected chi connectivity index (χ1v) is 4.25. The number of carbonyl (C=O) groups is 1. The summed E-state index contributed by atoms with van der Waals surface area (Å²) in [6.45, 7) is 2.99. The minimum atomic E-state index is -1.01. The number of carbonyl (C=O) groups excluding carboxylic acids is 1. The van der Waals surface area contributed by atoms with Crippen LogP contribution in [0.3, 0.4) is 0 Å². The number of ether oxygens (including phenoxy) is 1. The summed E-state index contributed by atoms with van der Waals surface area (Å²) in [5, 5.41) is 9.10. The van der Waals surface area contributed by atoms with Crippen LogP contribution in [0.1, 0.15) is 24.2 Å². The van der Waals surface area contributed by atoms with Crippen LogP contribution in [0.25, 0.3) is 0 Å². The van der Waals surface area contributed by atoms with Crippen LogP contribution < -0.4 is 4.74 Å². The number of hydrogen-bond donors (Lipinski definition) is 1. The number of phenols is 1. The summed E-state index contributed by atoms with van der Waals surface area (Å²) in [6.07, 6.45) is 0.582. The van der Waals surface area contributed by atoms with E-state index in [1.807, 2.05) is 13.8 Å². The van der Waals surface area contributed by atoms with Crippen molar-refractivity contribution in [1.29, 1.82) is 0 Å². The molecule has 1 aromatic carbocycles. The molecule has 1 N–H and O–H groups in total. The van der Waals surface area contributed by atoms with E-state index < -0.39 is 6.86 Å². The van der Waals surface area contributed by atoms with Gasteiger partial charge in [0, 0.05) is 5.56 Å². The molecule has 0 heterocycles. The topological polar surface area (TPSA) is 46.5 Å². The monoisotopic (exact) mass is 200 g/mol. The van der Waals surface area contributed by atoms with E-state index in [-0.39, 0.29) is 11.5 Å². The van der Waals surface area contributed by atoms with Crippen LogP contribution >= 0.6 is 0 Å². The smallest absolute Gasteiger partial charge is 0.228 e. The zero-order valence-electron chi connectivity index (χ0n) is 8.16. The van der Waals surface area contributed by atoms with Crippen molar-refractivity contribution >= 4 is 6.29 Å². The predicted octanol–water partition coefficient (Wildman–Crippen LogP) is 2.54. The van der Waals surface area contributed by atoms with Gasteiger partial charge in [0.1, 0.15) is 6.29 Å². The number of rotatable bonds is 3. The number of phenolic OH excluding ortho intramolecular Hbond substituents is 1. The SMILES string of the molecule is CC.O=Cc1ccc(OCF)c(O)c1. The maximum atomic E-state index is 11.6. The lowest BCUT2D eigenvalue weighted by atomic mass is 10.2. The van der Waals surface area contributed by atoms with Gasteiger partial charge in [-0.25, -0.2) is 4.39 Å². The van der Waals surface area contributed by atoms with Crippen LogP contribution in [0.4, 0.5) is 4.39 Å². The Morgan fingerprint density at radius 3 is 2.57 bits per heavy atom. The summed E-state index contributed by atoms with van der Waals surface area (Å²) < 4.78 is 16.0. The molecule has 0 spiro atoms. The van der Waals surface area contributed by atoms with Gasteiger partial charge in [0.05, 0.1) is 0 Å². The van der Waals surface area contributed by atoms with Crippen LogP contribution in [0.15, 0.2) is 18.2 Å². The molecule has 4 heteroatoms. The van der Waals surface area contributed by atoms with Crippen molar-refractivity contribution in [3.63, 3.8) is 0 Å². The summed E-state index contributed by atoms with van der Waals surface area (Å²) in [7, 11) is 0. The highest BCUT2D eigenvalue weighted by Gasteiger charge is 2.02. The molecule has 0 saturated carbocycles. The second kappa shape index (κ2) is 6.88. The number of alkyl halides is 1. The highest BCUT2D eigenvalue weighted by molar-refractivity contribution is 5.76. The number of aromatic hydroxyl groups is 1. The highest BCUT2D eigenvalue weighted by Crippen LogP contribution is 2.25. The van der Waals surface area contributed by atoms with Gasteiger partial charge >= 0.3 is 0 Å². The zero-order valence-corrected chi connectivity index (χ0v) is 8.16. The van der Waals surface area contributed by atoms with Crippen molar-refractivity contribution in [2.24, 2.45) is 0 Å². The average molecular weight is 200 g/mol. The molecule has 1 rings (SSSR count). The molecule has 0 amide bonds. The van der Waals surface area contributed by atoms with Gasteiger partial charge in [-0.3, -0.25) is 4.79 Å². The maximum absolute atomic E-state index is 11.6. The van der Waals surface area contributed by atoms with Gasteiger partial charge in [-0.15, -0.1) is 0 Å². The Labute approximate surface area is 82.1 Å². The first-order valence-electron chi connectivity index (χ1n) is 4.25. The van der Waals surface area contributed by atoms with Gasteiger partial charge in [0.15, 0.2) is 11.5 Å². The largest absolute Gasteiger partial charge is 0.504 e. The van der Waals surface area contributed by atoms with Crippen molar-refractivity contribution in [2.75, 3.05) is 6.86 Å². The molecule has 0 aliphatic rings. The molecule has 78 valence electrons. The van der Waals surface area contributed by atoms with Gasteiger partial charge in [-0.2, -0.15) is 0 Å². The number of aldehydes is 1. The van der Waals surface area contributed by atoms with Crippen molar-refractivity contribution in [2.45, 2.75) is 13.8 Å². The summed E-state index contributed by atoms with van der Waals surface area (Å²) in [5.74, 6) is -0.208. The van der Waals surface area contributed by atoms with Crippen molar-refractivity contribution < 1.29 is 19.0 Å². The molecule has 0 aliphatic carbocycles. The van der Waals surface area contributed by atoms with Crippen LogP contribution in [0.2, 0.25) is 0 Å². The molecular weight excluding hydrogens is 187 g/mol. The summed E-state index contributed by atoms with van der Waals surface area (Å²) in [4.78, 5) is 10.2. The third-order valence-electron chi connectivity index (χ3n) is 1.33. The molecule has 1 aromatic rings. The fraction of sp³-hybridized carbons (Fsp3) is 0.300. The molecule has 0 aliphatic heterocycles. The Bertz CT molecular complexity index is 287. The lowest BCUT2D eigenvalue weighted by Gasteiger charge is -2.03. The lowest BCUT2D eigenvalue weighted by molar-refractivity contribution is 0.112. The van der Waals surface area contributed by atoms with Crippen molar-refractivity contribution in [3.05, 3.63) is 23.8 Å². The zero-order chi connectivity index (χ0) is 11.0. The van der Waals surface area contributed by atoms with E-state index in [9.17, 15) is 9.18 Å². The van der Waals surface area contributed by atoms with Crippen LogP contribution in [0, 0.1) is 0 Å². The standard InChI is InChI=1S/C8H7FO3.C2H6/c9-5-12-8-2-1-6(4-10)3-7(8)11;1-2/h1-4,11H,5H2;1-2H3. The first-order chi connectivity index (χ1) is 6.77. The van der Waals surface area contributed by atoms with Gasteiger partial charge in [0.25, 0.3) is 0 Å². The molecule has 3 nitrogen and oxygen atoms in total. The fourth-order valence-corrected chi connectivity index (χ4v) is 0.789. The molecule has 0 saturated heterocycles. The average Bonchev–Trinajstić information content (AvgIpc) is 2.24. The summed E-state index contributed by atoms with van der Waals surface area (Å²) in [5.41, 5.74) is 0.318. The Balaban J connectivity index is 0.000000791. The number of benzene rings is 1. The highest BCUT2D eigenvalue weighted by atomic mass is 19.1. The van der Waals surface area contributed by atoms with Gasteiger partial charge in [-0.1, -0.05) is 13.8 Å². The van der Waals surface area contributed by atoms with E-state index >= 15 is 0 Å². The second-order valence-corrected chi connectivity index (χ2v) is 2.10. The molecule has 0 unspecified atom stereocenters.